The molecule has 1 atom stereocenters. The number of rotatable bonds is 31. The number of hydrogen-bond donors (Lipinski definition) is 2. The van der Waals surface area contributed by atoms with E-state index in [1.165, 1.54) is 128 Å². The molecule has 5 heteroatoms. The zero-order chi connectivity index (χ0) is 28.1. The van der Waals surface area contributed by atoms with Gasteiger partial charge in [0, 0.05) is 6.42 Å². The Hall–Kier alpha value is -1.10. The molecule has 0 amide bonds. The summed E-state index contributed by atoms with van der Waals surface area (Å²) in [7, 11) is 0. The third kappa shape index (κ3) is 25.2. The third-order valence-electron chi connectivity index (χ3n) is 7.96. The first-order chi connectivity index (χ1) is 18.5. The molecule has 2 N–H and O–H groups in total. The van der Waals surface area contributed by atoms with Crippen LogP contribution in [-0.4, -0.2) is 46.2 Å². The smallest absolute Gasteiger partial charge is 0.320 e. The molecule has 0 saturated carbocycles. The quantitative estimate of drug-likeness (QED) is 0.0857. The largest absolute Gasteiger partial charge is 0.481 e. The van der Waals surface area contributed by atoms with Gasteiger partial charge in [-0.05, 0) is 32.4 Å². The number of carbonyl (C=O) groups is 2. The van der Waals surface area contributed by atoms with Crippen LogP contribution in [0.1, 0.15) is 181 Å². The lowest BCUT2D eigenvalue weighted by Gasteiger charge is -2.28. The molecule has 0 aromatic carbocycles. The van der Waals surface area contributed by atoms with Crippen molar-refractivity contribution in [1.82, 2.24) is 4.90 Å². The molecule has 0 unspecified atom stereocenters. The van der Waals surface area contributed by atoms with Crippen LogP contribution >= 0.6 is 0 Å². The molecule has 0 spiro atoms. The fourth-order valence-electron chi connectivity index (χ4n) is 5.46. The van der Waals surface area contributed by atoms with Gasteiger partial charge in [-0.15, -0.1) is 0 Å². The second kappa shape index (κ2) is 28.9. The van der Waals surface area contributed by atoms with Crippen molar-refractivity contribution in [2.75, 3.05) is 13.1 Å². The molecule has 0 aromatic rings. The standard InChI is InChI=1S/C33H65NO4/c1-3-5-7-9-11-13-15-17-19-21-23-25-29-34(31(33(37)38)27-28-32(35)36)30-26-24-22-20-18-16-14-12-10-8-6-4-2/h31H,3-30H2,1-2H3,(H,35,36)(H,37,38)/t31-/m0/s1. The van der Waals surface area contributed by atoms with E-state index >= 15 is 0 Å². The molecule has 0 rings (SSSR count). The van der Waals surface area contributed by atoms with E-state index in [9.17, 15) is 14.7 Å². The summed E-state index contributed by atoms with van der Waals surface area (Å²) in [6.45, 7) is 6.06. The Kier molecular flexibility index (Phi) is 28.1. The lowest BCUT2D eigenvalue weighted by molar-refractivity contribution is -0.144. The molecule has 0 saturated heterocycles. The Morgan fingerprint density at radius 3 is 1.05 bits per heavy atom. The first-order valence-electron chi connectivity index (χ1n) is 16.7. The average molecular weight is 540 g/mol. The summed E-state index contributed by atoms with van der Waals surface area (Å²) in [6.07, 6.45) is 31.1. The molecule has 0 aliphatic rings. The second-order valence-electron chi connectivity index (χ2n) is 11.6. The van der Waals surface area contributed by atoms with Crippen LogP contribution in [0.2, 0.25) is 0 Å². The molecular formula is C33H65NO4. The maximum atomic E-state index is 12.0. The molecule has 226 valence electrons. The van der Waals surface area contributed by atoms with Crippen molar-refractivity contribution in [3.8, 4) is 0 Å². The lowest BCUT2D eigenvalue weighted by atomic mass is 10.0. The average Bonchev–Trinajstić information content (AvgIpc) is 2.89. The van der Waals surface area contributed by atoms with Gasteiger partial charge in [-0.25, -0.2) is 0 Å². The van der Waals surface area contributed by atoms with Crippen LogP contribution in [0.5, 0.6) is 0 Å². The van der Waals surface area contributed by atoms with E-state index in [0.717, 1.165) is 38.8 Å². The predicted octanol–water partition coefficient (Wildman–Crippen LogP) is 10.0. The molecule has 0 aliphatic carbocycles. The van der Waals surface area contributed by atoms with Crippen LogP contribution in [0, 0.1) is 0 Å². The number of carboxylic acid groups (broad SMARTS) is 2. The summed E-state index contributed by atoms with van der Waals surface area (Å²) in [5, 5.41) is 18.9. The lowest BCUT2D eigenvalue weighted by Crippen LogP contribution is -2.42. The van der Waals surface area contributed by atoms with Crippen molar-refractivity contribution in [2.24, 2.45) is 0 Å². The van der Waals surface area contributed by atoms with Crippen LogP contribution in [0.4, 0.5) is 0 Å². The fraction of sp³-hybridized carbons (Fsp3) is 0.939. The van der Waals surface area contributed by atoms with Gasteiger partial charge in [0.15, 0.2) is 0 Å². The van der Waals surface area contributed by atoms with Gasteiger partial charge in [0.1, 0.15) is 6.04 Å². The van der Waals surface area contributed by atoms with E-state index in [1.807, 2.05) is 0 Å². The van der Waals surface area contributed by atoms with Crippen LogP contribution in [0.3, 0.4) is 0 Å². The molecular weight excluding hydrogens is 474 g/mol. The highest BCUT2D eigenvalue weighted by molar-refractivity contribution is 5.75. The monoisotopic (exact) mass is 539 g/mol. The maximum Gasteiger partial charge on any atom is 0.320 e. The van der Waals surface area contributed by atoms with Crippen molar-refractivity contribution in [3.05, 3.63) is 0 Å². The maximum absolute atomic E-state index is 12.0. The topological polar surface area (TPSA) is 77.8 Å². The normalized spacial score (nSPS) is 12.3. The van der Waals surface area contributed by atoms with Crippen molar-refractivity contribution < 1.29 is 19.8 Å². The van der Waals surface area contributed by atoms with E-state index in [2.05, 4.69) is 18.7 Å². The van der Waals surface area contributed by atoms with E-state index < -0.39 is 18.0 Å². The minimum absolute atomic E-state index is 0.0790. The highest BCUT2D eigenvalue weighted by atomic mass is 16.4. The van der Waals surface area contributed by atoms with Crippen molar-refractivity contribution in [1.29, 1.82) is 0 Å². The summed E-state index contributed by atoms with van der Waals surface area (Å²) in [5.41, 5.74) is 0. The number of unbranched alkanes of at least 4 members (excludes halogenated alkanes) is 22. The minimum atomic E-state index is -0.910. The predicted molar refractivity (Wildman–Crippen MR) is 162 cm³/mol. The van der Waals surface area contributed by atoms with Gasteiger partial charge in [-0.3, -0.25) is 14.5 Å². The van der Waals surface area contributed by atoms with Crippen molar-refractivity contribution >= 4 is 11.9 Å². The SMILES string of the molecule is CCCCCCCCCCCCCCN(CCCCCCCCCCCCCC)[C@@H](CCC(=O)O)C(=O)O. The first kappa shape index (κ1) is 36.9. The van der Waals surface area contributed by atoms with E-state index in [4.69, 9.17) is 5.11 Å². The molecule has 0 radical (unpaired) electrons. The Morgan fingerprint density at radius 2 is 0.789 bits per heavy atom. The molecule has 5 nitrogen and oxygen atoms in total. The van der Waals surface area contributed by atoms with Crippen molar-refractivity contribution in [3.63, 3.8) is 0 Å². The molecule has 0 aliphatic heterocycles. The number of aliphatic carboxylic acids is 2. The highest BCUT2D eigenvalue weighted by Gasteiger charge is 2.25. The Balaban J connectivity index is 4.13. The second-order valence-corrected chi connectivity index (χ2v) is 11.6. The summed E-state index contributed by atoms with van der Waals surface area (Å²) in [5.74, 6) is -1.78. The molecule has 0 aromatic heterocycles. The summed E-state index contributed by atoms with van der Waals surface area (Å²) < 4.78 is 0. The van der Waals surface area contributed by atoms with Gasteiger partial charge in [0.2, 0.25) is 0 Å². The Morgan fingerprint density at radius 1 is 0.500 bits per heavy atom. The van der Waals surface area contributed by atoms with Gasteiger partial charge in [-0.2, -0.15) is 0 Å². The summed E-state index contributed by atoms with van der Waals surface area (Å²) in [6, 6.07) is -0.675. The van der Waals surface area contributed by atoms with Crippen LogP contribution in [0.15, 0.2) is 0 Å². The van der Waals surface area contributed by atoms with Crippen LogP contribution in [-0.2, 0) is 9.59 Å². The highest BCUT2D eigenvalue weighted by Crippen LogP contribution is 2.16. The van der Waals surface area contributed by atoms with E-state index in [1.54, 1.807) is 0 Å². The molecule has 38 heavy (non-hydrogen) atoms. The van der Waals surface area contributed by atoms with Gasteiger partial charge >= 0.3 is 11.9 Å². The van der Waals surface area contributed by atoms with Gasteiger partial charge in [0.05, 0.1) is 0 Å². The number of nitrogens with zero attached hydrogens (tertiary/aromatic N) is 1. The van der Waals surface area contributed by atoms with Crippen molar-refractivity contribution in [2.45, 2.75) is 187 Å². The Bertz CT molecular complexity index is 497. The van der Waals surface area contributed by atoms with Crippen LogP contribution < -0.4 is 0 Å². The van der Waals surface area contributed by atoms with Gasteiger partial charge in [-0.1, -0.05) is 155 Å². The molecule has 0 fully saturated rings. The Labute approximate surface area is 236 Å². The zero-order valence-electron chi connectivity index (χ0n) is 25.5. The third-order valence-corrected chi connectivity index (χ3v) is 7.96. The number of carboxylic acids is 2. The molecule has 0 bridgehead atoms. The van der Waals surface area contributed by atoms with Crippen LogP contribution in [0.25, 0.3) is 0 Å². The van der Waals surface area contributed by atoms with E-state index in [0.29, 0.717) is 0 Å². The fourth-order valence-corrected chi connectivity index (χ4v) is 5.46. The first-order valence-corrected chi connectivity index (χ1v) is 16.7. The zero-order valence-corrected chi connectivity index (χ0v) is 25.5. The number of hydrogen-bond acceptors (Lipinski definition) is 3. The van der Waals surface area contributed by atoms with Gasteiger partial charge in [0.25, 0.3) is 0 Å². The van der Waals surface area contributed by atoms with E-state index in [-0.39, 0.29) is 12.8 Å². The summed E-state index contributed by atoms with van der Waals surface area (Å²) in [4.78, 5) is 25.1. The minimum Gasteiger partial charge on any atom is -0.481 e. The van der Waals surface area contributed by atoms with Gasteiger partial charge < -0.3 is 10.2 Å². The summed E-state index contributed by atoms with van der Waals surface area (Å²) >= 11 is 0. The molecule has 0 heterocycles.